The van der Waals surface area contributed by atoms with Crippen LogP contribution < -0.4 is 9.47 Å². The molecule has 198 valence electrons. The number of hydrogen-bond acceptors (Lipinski definition) is 4. The van der Waals surface area contributed by atoms with Gasteiger partial charge >= 0.3 is 12.5 Å². The molecule has 1 saturated heterocycles. The van der Waals surface area contributed by atoms with E-state index >= 15 is 0 Å². The van der Waals surface area contributed by atoms with Gasteiger partial charge in [0, 0.05) is 30.0 Å². The van der Waals surface area contributed by atoms with E-state index in [9.17, 15) is 31.4 Å². The second-order valence-electron chi connectivity index (χ2n) is 9.67. The Labute approximate surface area is 205 Å². The minimum Gasteiger partial charge on any atom is -0.493 e. The van der Waals surface area contributed by atoms with Crippen LogP contribution >= 0.6 is 0 Å². The van der Waals surface area contributed by atoms with Gasteiger partial charge < -0.3 is 19.5 Å². The predicted molar refractivity (Wildman–Crippen MR) is 121 cm³/mol. The van der Waals surface area contributed by atoms with E-state index < -0.39 is 29.6 Å². The Balaban J connectivity index is 1.37. The summed E-state index contributed by atoms with van der Waals surface area (Å²) in [4.78, 5) is 2.09. The van der Waals surface area contributed by atoms with Crippen molar-refractivity contribution in [1.82, 2.24) is 4.90 Å². The molecule has 1 aliphatic heterocycles. The monoisotopic (exact) mass is 517 g/mol. The van der Waals surface area contributed by atoms with Crippen molar-refractivity contribution in [1.29, 1.82) is 0 Å². The predicted octanol–water partition coefficient (Wildman–Crippen LogP) is 6.18. The number of likely N-dealkylation sites (tertiary alicyclic amines) is 1. The first kappa shape index (κ1) is 26.6. The Kier molecular flexibility index (Phi) is 7.75. The van der Waals surface area contributed by atoms with E-state index in [-0.39, 0.29) is 11.7 Å². The molecule has 2 aliphatic rings. The van der Waals surface area contributed by atoms with Crippen LogP contribution in [0.4, 0.5) is 26.3 Å². The van der Waals surface area contributed by atoms with Crippen molar-refractivity contribution in [3.05, 3.63) is 59.7 Å². The summed E-state index contributed by atoms with van der Waals surface area (Å²) >= 11 is 0. The van der Waals surface area contributed by atoms with Gasteiger partial charge in [-0.15, -0.1) is 13.2 Å². The van der Waals surface area contributed by atoms with Crippen LogP contribution in [0.15, 0.2) is 48.5 Å². The van der Waals surface area contributed by atoms with Gasteiger partial charge in [0.15, 0.2) is 0 Å². The van der Waals surface area contributed by atoms with E-state index in [2.05, 4.69) is 9.64 Å². The van der Waals surface area contributed by atoms with Gasteiger partial charge in [-0.05, 0) is 62.6 Å². The molecule has 36 heavy (non-hydrogen) atoms. The second-order valence-corrected chi connectivity index (χ2v) is 9.67. The summed E-state index contributed by atoms with van der Waals surface area (Å²) in [5.74, 6) is 0.200. The zero-order valence-electron chi connectivity index (χ0n) is 19.6. The first-order valence-electron chi connectivity index (χ1n) is 12.0. The molecule has 0 bridgehead atoms. The fraction of sp³-hybridized carbons (Fsp3) is 0.538. The van der Waals surface area contributed by atoms with Gasteiger partial charge in [-0.1, -0.05) is 24.6 Å². The van der Waals surface area contributed by atoms with E-state index in [0.29, 0.717) is 43.9 Å². The van der Waals surface area contributed by atoms with Crippen molar-refractivity contribution < 1.29 is 40.9 Å². The number of aliphatic hydroxyl groups excluding tert-OH is 1. The Morgan fingerprint density at radius 2 is 1.67 bits per heavy atom. The number of aliphatic hydroxyl groups is 1. The summed E-state index contributed by atoms with van der Waals surface area (Å²) < 4.78 is 87.1. The normalized spacial score (nSPS) is 21.5. The fourth-order valence-corrected chi connectivity index (χ4v) is 5.26. The average Bonchev–Trinajstić information content (AvgIpc) is 2.77. The van der Waals surface area contributed by atoms with Crippen LogP contribution in [0.5, 0.6) is 11.5 Å². The van der Waals surface area contributed by atoms with E-state index in [1.807, 2.05) is 0 Å². The number of benzene rings is 2. The van der Waals surface area contributed by atoms with Crippen LogP contribution in [0.2, 0.25) is 0 Å². The number of ether oxygens (including phenoxy) is 2. The highest BCUT2D eigenvalue weighted by Gasteiger charge is 2.48. The first-order valence-corrected chi connectivity index (χ1v) is 12.0. The molecule has 1 heterocycles. The highest BCUT2D eigenvalue weighted by Crippen LogP contribution is 2.50. The van der Waals surface area contributed by atoms with Crippen molar-refractivity contribution in [2.75, 3.05) is 26.2 Å². The first-order chi connectivity index (χ1) is 17.0. The maximum Gasteiger partial charge on any atom is 0.573 e. The number of piperidine rings is 1. The van der Waals surface area contributed by atoms with Crippen LogP contribution in [0.25, 0.3) is 0 Å². The zero-order chi connectivity index (χ0) is 26.0. The van der Waals surface area contributed by atoms with Gasteiger partial charge in [0.2, 0.25) is 0 Å². The van der Waals surface area contributed by atoms with E-state index in [4.69, 9.17) is 4.74 Å². The summed E-state index contributed by atoms with van der Waals surface area (Å²) in [7, 11) is 0. The number of β-amino-alcohol motifs (C(OH)–C–C–N with tert-alkyl or cyclic N) is 1. The molecule has 0 unspecified atom stereocenters. The van der Waals surface area contributed by atoms with Crippen molar-refractivity contribution in [3.63, 3.8) is 0 Å². The summed E-state index contributed by atoms with van der Waals surface area (Å²) in [6, 6.07) is 10.6. The van der Waals surface area contributed by atoms with E-state index in [0.717, 1.165) is 37.9 Å². The topological polar surface area (TPSA) is 41.9 Å². The number of nitrogens with zero attached hydrogens (tertiary/aromatic N) is 1. The van der Waals surface area contributed by atoms with Crippen LogP contribution in [-0.2, 0) is 11.6 Å². The Morgan fingerprint density at radius 1 is 0.972 bits per heavy atom. The standard InChI is InChI=1S/C26H29F6NO3/c27-25(28,29)19-8-10-20(11-9-19)35-17-18-5-3-14-33(15-18)16-23(34)24(12-4-13-24)21-6-1-2-7-22(21)36-26(30,31)32/h1-2,6-11,18,23,34H,3-5,12-17H2/t18-,23-/m1/s1. The third-order valence-corrected chi connectivity index (χ3v) is 7.23. The van der Waals surface area contributed by atoms with Gasteiger partial charge in [0.25, 0.3) is 0 Å². The Bertz CT molecular complexity index is 1000. The van der Waals surface area contributed by atoms with Crippen LogP contribution in [-0.4, -0.2) is 48.7 Å². The lowest BCUT2D eigenvalue weighted by Gasteiger charge is -2.48. The SMILES string of the molecule is O[C@H](CN1CCC[C@@H](COc2ccc(C(F)(F)F)cc2)C1)C1(c2ccccc2OC(F)(F)F)CCC1. The summed E-state index contributed by atoms with van der Waals surface area (Å²) in [6.07, 6.45) is -6.42. The summed E-state index contributed by atoms with van der Waals surface area (Å²) in [6.45, 7) is 1.99. The molecule has 2 fully saturated rings. The maximum atomic E-state index is 13.0. The Hall–Kier alpha value is -2.46. The molecular weight excluding hydrogens is 488 g/mol. The molecule has 0 amide bonds. The number of halogens is 6. The highest BCUT2D eigenvalue weighted by atomic mass is 19.4. The highest BCUT2D eigenvalue weighted by molar-refractivity contribution is 5.42. The molecular formula is C26H29F6NO3. The van der Waals surface area contributed by atoms with Crippen LogP contribution in [0.1, 0.15) is 43.2 Å². The molecule has 0 spiro atoms. The third kappa shape index (κ3) is 6.26. The summed E-state index contributed by atoms with van der Waals surface area (Å²) in [5, 5.41) is 11.2. The molecule has 4 rings (SSSR count). The lowest BCUT2D eigenvalue weighted by Crippen LogP contribution is -2.52. The van der Waals surface area contributed by atoms with Gasteiger partial charge in [-0.3, -0.25) is 0 Å². The van der Waals surface area contributed by atoms with E-state index in [1.54, 1.807) is 12.1 Å². The number of hydrogen-bond donors (Lipinski definition) is 1. The zero-order valence-corrected chi connectivity index (χ0v) is 19.6. The lowest BCUT2D eigenvalue weighted by molar-refractivity contribution is -0.275. The van der Waals surface area contributed by atoms with Crippen LogP contribution in [0, 0.1) is 5.92 Å². The maximum absolute atomic E-state index is 13.0. The minimum atomic E-state index is -4.82. The largest absolute Gasteiger partial charge is 0.573 e. The fourth-order valence-electron chi connectivity index (χ4n) is 5.26. The molecule has 10 heteroatoms. The van der Waals surface area contributed by atoms with Gasteiger partial charge in [-0.2, -0.15) is 13.2 Å². The van der Waals surface area contributed by atoms with Crippen molar-refractivity contribution in [2.45, 2.75) is 56.2 Å². The van der Waals surface area contributed by atoms with E-state index in [1.165, 1.54) is 24.3 Å². The summed E-state index contributed by atoms with van der Waals surface area (Å²) in [5.41, 5.74) is -1.16. The average molecular weight is 518 g/mol. The van der Waals surface area contributed by atoms with Gasteiger partial charge in [0.05, 0.1) is 18.3 Å². The lowest BCUT2D eigenvalue weighted by atomic mass is 9.60. The molecule has 1 N–H and O–H groups in total. The smallest absolute Gasteiger partial charge is 0.493 e. The van der Waals surface area contributed by atoms with Crippen molar-refractivity contribution in [3.8, 4) is 11.5 Å². The number of rotatable bonds is 8. The Morgan fingerprint density at radius 3 is 2.28 bits per heavy atom. The molecule has 2 aromatic rings. The molecule has 1 aliphatic carbocycles. The number of para-hydroxylation sites is 1. The van der Waals surface area contributed by atoms with Crippen molar-refractivity contribution >= 4 is 0 Å². The molecule has 2 atom stereocenters. The second kappa shape index (κ2) is 10.5. The van der Waals surface area contributed by atoms with Crippen molar-refractivity contribution in [2.24, 2.45) is 5.92 Å². The minimum absolute atomic E-state index is 0.117. The number of alkyl halides is 6. The third-order valence-electron chi connectivity index (χ3n) is 7.23. The molecule has 2 aromatic carbocycles. The van der Waals surface area contributed by atoms with Gasteiger partial charge in [0.1, 0.15) is 11.5 Å². The molecule has 0 aromatic heterocycles. The molecule has 4 nitrogen and oxygen atoms in total. The van der Waals surface area contributed by atoms with Crippen LogP contribution in [0.3, 0.4) is 0 Å². The molecule has 1 saturated carbocycles. The van der Waals surface area contributed by atoms with Gasteiger partial charge in [-0.25, -0.2) is 0 Å². The molecule has 0 radical (unpaired) electrons. The quantitative estimate of drug-likeness (QED) is 0.425.